The van der Waals surface area contributed by atoms with Gasteiger partial charge in [-0.1, -0.05) is 22.0 Å². The number of ether oxygens (including phenoxy) is 1. The number of furan rings is 1. The molecule has 0 atom stereocenters. The predicted octanol–water partition coefficient (Wildman–Crippen LogP) is 3.42. The number of nitriles is 1. The first-order valence-electron chi connectivity index (χ1n) is 7.77. The highest BCUT2D eigenvalue weighted by Gasteiger charge is 2.15. The Morgan fingerprint density at radius 1 is 1.28 bits per heavy atom. The second-order valence-electron chi connectivity index (χ2n) is 5.41. The Balaban J connectivity index is 1.72. The van der Waals surface area contributed by atoms with Gasteiger partial charge in [0.2, 0.25) is 0 Å². The second kappa shape index (κ2) is 8.01. The topological polar surface area (TPSA) is 78.5 Å². The molecule has 2 heterocycles. The lowest BCUT2D eigenvalue weighted by Gasteiger charge is -2.26. The van der Waals surface area contributed by atoms with E-state index >= 15 is 0 Å². The van der Waals surface area contributed by atoms with Crippen LogP contribution in [0.3, 0.4) is 0 Å². The molecule has 1 N–H and O–H groups in total. The van der Waals surface area contributed by atoms with E-state index in [9.17, 15) is 10.1 Å². The number of amides is 1. The molecule has 1 amide bonds. The normalized spacial score (nSPS) is 14.9. The van der Waals surface area contributed by atoms with Gasteiger partial charge in [-0.3, -0.25) is 4.79 Å². The summed E-state index contributed by atoms with van der Waals surface area (Å²) in [6, 6.07) is 12.7. The number of benzene rings is 1. The van der Waals surface area contributed by atoms with Crippen molar-refractivity contribution in [2.24, 2.45) is 0 Å². The van der Waals surface area contributed by atoms with Gasteiger partial charge in [-0.2, -0.15) is 5.26 Å². The second-order valence-corrected chi connectivity index (χ2v) is 6.33. The van der Waals surface area contributed by atoms with E-state index in [0.717, 1.165) is 17.6 Å². The average Bonchev–Trinajstić information content (AvgIpc) is 3.09. The van der Waals surface area contributed by atoms with Crippen molar-refractivity contribution in [3.63, 3.8) is 0 Å². The lowest BCUT2D eigenvalue weighted by atomic mass is 10.2. The van der Waals surface area contributed by atoms with E-state index in [1.807, 2.05) is 18.2 Å². The number of hydrogen-bond donors (Lipinski definition) is 1. The third kappa shape index (κ3) is 4.50. The number of nitrogens with zero attached hydrogens (tertiary/aromatic N) is 2. The van der Waals surface area contributed by atoms with Gasteiger partial charge in [-0.25, -0.2) is 0 Å². The molecule has 0 saturated carbocycles. The maximum absolute atomic E-state index is 12.3. The lowest BCUT2D eigenvalue weighted by Crippen LogP contribution is -2.35. The molecule has 0 spiro atoms. The molecular formula is C18H16BrN3O3. The molecule has 0 bridgehead atoms. The fourth-order valence-electron chi connectivity index (χ4n) is 2.43. The fourth-order valence-corrected chi connectivity index (χ4v) is 2.83. The van der Waals surface area contributed by atoms with Crippen molar-refractivity contribution in [3.8, 4) is 6.07 Å². The quantitative estimate of drug-likeness (QED) is 0.626. The van der Waals surface area contributed by atoms with Crippen LogP contribution in [0.15, 0.2) is 50.9 Å². The Kier molecular flexibility index (Phi) is 5.53. The van der Waals surface area contributed by atoms with Gasteiger partial charge in [0.1, 0.15) is 17.4 Å². The zero-order chi connectivity index (χ0) is 17.6. The molecule has 0 radical (unpaired) electrons. The summed E-state index contributed by atoms with van der Waals surface area (Å²) in [5, 5.41) is 12.0. The summed E-state index contributed by atoms with van der Waals surface area (Å²) < 4.78 is 11.9. The number of halogens is 1. The smallest absolute Gasteiger partial charge is 0.266 e. The Morgan fingerprint density at radius 3 is 2.80 bits per heavy atom. The van der Waals surface area contributed by atoms with Crippen molar-refractivity contribution in [2.45, 2.75) is 0 Å². The first kappa shape index (κ1) is 17.3. The van der Waals surface area contributed by atoms with E-state index in [0.29, 0.717) is 30.5 Å². The minimum absolute atomic E-state index is 0.0251. The minimum Gasteiger partial charge on any atom is -0.441 e. The van der Waals surface area contributed by atoms with E-state index in [2.05, 4.69) is 26.1 Å². The van der Waals surface area contributed by atoms with Crippen LogP contribution >= 0.6 is 15.9 Å². The Labute approximate surface area is 153 Å². The van der Waals surface area contributed by atoms with Gasteiger partial charge in [-0.05, 0) is 24.3 Å². The monoisotopic (exact) mass is 401 g/mol. The number of carbonyl (C=O) groups excluding carboxylic acids is 1. The zero-order valence-electron chi connectivity index (χ0n) is 13.4. The van der Waals surface area contributed by atoms with Crippen LogP contribution in [-0.4, -0.2) is 32.2 Å². The summed E-state index contributed by atoms with van der Waals surface area (Å²) in [4.78, 5) is 14.3. The summed E-state index contributed by atoms with van der Waals surface area (Å²) in [6.07, 6.45) is 1.44. The highest BCUT2D eigenvalue weighted by Crippen LogP contribution is 2.22. The Bertz CT molecular complexity index is 832. The number of anilines is 2. The molecule has 25 heavy (non-hydrogen) atoms. The van der Waals surface area contributed by atoms with E-state index < -0.39 is 5.91 Å². The summed E-state index contributed by atoms with van der Waals surface area (Å²) in [7, 11) is 0. The molecule has 1 aromatic heterocycles. The molecule has 128 valence electrons. The molecule has 7 heteroatoms. The van der Waals surface area contributed by atoms with E-state index in [-0.39, 0.29) is 5.57 Å². The van der Waals surface area contributed by atoms with Gasteiger partial charge >= 0.3 is 0 Å². The molecular weight excluding hydrogens is 386 g/mol. The van der Waals surface area contributed by atoms with Gasteiger partial charge < -0.3 is 19.4 Å². The van der Waals surface area contributed by atoms with Crippen molar-refractivity contribution in [1.29, 1.82) is 5.26 Å². The van der Waals surface area contributed by atoms with Crippen LogP contribution in [0.25, 0.3) is 6.08 Å². The molecule has 3 rings (SSSR count). The first-order valence-corrected chi connectivity index (χ1v) is 8.56. The van der Waals surface area contributed by atoms with Gasteiger partial charge in [-0.15, -0.1) is 0 Å². The number of rotatable bonds is 4. The summed E-state index contributed by atoms with van der Waals surface area (Å²) in [5.41, 5.74) is 0.580. The third-order valence-electron chi connectivity index (χ3n) is 3.67. The molecule has 0 aliphatic carbocycles. The van der Waals surface area contributed by atoms with Gasteiger partial charge in [0.25, 0.3) is 5.91 Å². The zero-order valence-corrected chi connectivity index (χ0v) is 15.0. The molecule has 1 aromatic carbocycles. The lowest BCUT2D eigenvalue weighted by molar-refractivity contribution is -0.112. The average molecular weight is 402 g/mol. The summed E-state index contributed by atoms with van der Waals surface area (Å²) >= 11 is 3.34. The molecule has 2 aromatic rings. The maximum atomic E-state index is 12.3. The molecule has 1 saturated heterocycles. The van der Waals surface area contributed by atoms with E-state index in [1.54, 1.807) is 24.3 Å². The maximum Gasteiger partial charge on any atom is 0.266 e. The highest BCUT2D eigenvalue weighted by molar-refractivity contribution is 9.10. The number of hydrogen-bond acceptors (Lipinski definition) is 5. The van der Waals surface area contributed by atoms with Gasteiger partial charge in [0, 0.05) is 35.4 Å². The molecule has 1 aliphatic heterocycles. The van der Waals surface area contributed by atoms with Crippen molar-refractivity contribution >= 4 is 39.5 Å². The molecule has 1 aliphatic rings. The summed E-state index contributed by atoms with van der Waals surface area (Å²) in [5.74, 6) is 0.687. The van der Waals surface area contributed by atoms with Crippen molar-refractivity contribution < 1.29 is 13.9 Å². The van der Waals surface area contributed by atoms with Crippen LogP contribution in [0, 0.1) is 11.3 Å². The number of nitrogens with one attached hydrogen (secondary N) is 1. The molecule has 0 unspecified atom stereocenters. The van der Waals surface area contributed by atoms with Crippen molar-refractivity contribution in [1.82, 2.24) is 0 Å². The van der Waals surface area contributed by atoms with Crippen LogP contribution in [-0.2, 0) is 9.53 Å². The Morgan fingerprint density at radius 2 is 2.08 bits per heavy atom. The highest BCUT2D eigenvalue weighted by atomic mass is 79.9. The van der Waals surface area contributed by atoms with Crippen LogP contribution in [0.5, 0.6) is 0 Å². The predicted molar refractivity (Wildman–Crippen MR) is 98.1 cm³/mol. The van der Waals surface area contributed by atoms with Crippen LogP contribution < -0.4 is 10.2 Å². The van der Waals surface area contributed by atoms with Gasteiger partial charge in [0.15, 0.2) is 5.88 Å². The van der Waals surface area contributed by atoms with Gasteiger partial charge in [0.05, 0.1) is 13.2 Å². The SMILES string of the molecule is N#C/C(=C/c1ccc(N2CCOCC2)o1)C(=O)Nc1cccc(Br)c1. The van der Waals surface area contributed by atoms with Crippen molar-refractivity contribution in [2.75, 3.05) is 36.5 Å². The van der Waals surface area contributed by atoms with Crippen molar-refractivity contribution in [3.05, 3.63) is 52.2 Å². The number of carbonyl (C=O) groups is 1. The first-order chi connectivity index (χ1) is 12.2. The van der Waals surface area contributed by atoms with Crippen LogP contribution in [0.2, 0.25) is 0 Å². The van der Waals surface area contributed by atoms with E-state index in [4.69, 9.17) is 9.15 Å². The number of morpholine rings is 1. The van der Waals surface area contributed by atoms with Crippen LogP contribution in [0.4, 0.5) is 11.6 Å². The Hall–Kier alpha value is -2.56. The minimum atomic E-state index is -0.482. The molecule has 1 fully saturated rings. The third-order valence-corrected chi connectivity index (χ3v) is 4.16. The standard InChI is InChI=1S/C18H16BrN3O3/c19-14-2-1-3-15(11-14)21-18(23)13(12-20)10-16-4-5-17(25-16)22-6-8-24-9-7-22/h1-5,10-11H,6-9H2,(H,21,23)/b13-10-. The van der Waals surface area contributed by atoms with Crippen LogP contribution in [0.1, 0.15) is 5.76 Å². The molecule has 6 nitrogen and oxygen atoms in total. The fraction of sp³-hybridized carbons (Fsp3) is 0.222. The summed E-state index contributed by atoms with van der Waals surface area (Å²) in [6.45, 7) is 2.82. The largest absolute Gasteiger partial charge is 0.441 e. The van der Waals surface area contributed by atoms with E-state index in [1.165, 1.54) is 6.08 Å².